The molecule has 2 rings (SSSR count). The van der Waals surface area contributed by atoms with E-state index in [1.54, 1.807) is 0 Å². The summed E-state index contributed by atoms with van der Waals surface area (Å²) in [5.41, 5.74) is 0.218. The van der Waals surface area contributed by atoms with Gasteiger partial charge < -0.3 is 5.32 Å². The second-order valence-electron chi connectivity index (χ2n) is 3.52. The van der Waals surface area contributed by atoms with Crippen molar-refractivity contribution < 1.29 is 13.2 Å². The monoisotopic (exact) mass is 233 g/mol. The average molecular weight is 233 g/mol. The van der Waals surface area contributed by atoms with Crippen molar-refractivity contribution in [3.63, 3.8) is 0 Å². The van der Waals surface area contributed by atoms with E-state index in [1.807, 2.05) is 6.92 Å². The zero-order valence-corrected chi connectivity index (χ0v) is 8.88. The first-order chi connectivity index (χ1) is 6.97. The standard InChI is InChI=1S/C10H10F3NS/c1-6-5-14-8-3-2-7(10(11,12)13)4-9(8)15-6/h2-4,6,14H,5H2,1H3/t6-/m0/s1. The minimum absolute atomic E-state index is 0.306. The highest BCUT2D eigenvalue weighted by Crippen LogP contribution is 2.39. The second kappa shape index (κ2) is 3.63. The molecule has 0 aliphatic carbocycles. The number of thioether (sulfide) groups is 1. The average Bonchev–Trinajstić information content (AvgIpc) is 2.15. The van der Waals surface area contributed by atoms with E-state index in [1.165, 1.54) is 23.9 Å². The van der Waals surface area contributed by atoms with Crippen LogP contribution in [0.4, 0.5) is 18.9 Å². The molecule has 0 aromatic heterocycles. The Morgan fingerprint density at radius 2 is 2.13 bits per heavy atom. The van der Waals surface area contributed by atoms with E-state index in [-0.39, 0.29) is 0 Å². The molecule has 1 aliphatic rings. The summed E-state index contributed by atoms with van der Waals surface area (Å²) in [5, 5.41) is 3.41. The Balaban J connectivity index is 2.37. The van der Waals surface area contributed by atoms with Crippen molar-refractivity contribution in [1.82, 2.24) is 0 Å². The second-order valence-corrected chi connectivity index (χ2v) is 5.00. The molecule has 0 unspecified atom stereocenters. The summed E-state index contributed by atoms with van der Waals surface area (Å²) in [5.74, 6) is 0. The fourth-order valence-electron chi connectivity index (χ4n) is 1.45. The first-order valence-electron chi connectivity index (χ1n) is 4.58. The largest absolute Gasteiger partial charge is 0.416 e. The molecular weight excluding hydrogens is 223 g/mol. The van der Waals surface area contributed by atoms with Crippen LogP contribution in [0.5, 0.6) is 0 Å². The van der Waals surface area contributed by atoms with Gasteiger partial charge in [0.05, 0.1) is 5.56 Å². The van der Waals surface area contributed by atoms with E-state index >= 15 is 0 Å². The lowest BCUT2D eigenvalue weighted by Gasteiger charge is -2.23. The van der Waals surface area contributed by atoms with Crippen LogP contribution in [0.1, 0.15) is 12.5 Å². The Kier molecular flexibility index (Phi) is 2.58. The van der Waals surface area contributed by atoms with Gasteiger partial charge in [-0.1, -0.05) is 6.92 Å². The van der Waals surface area contributed by atoms with Gasteiger partial charge in [-0.25, -0.2) is 0 Å². The Morgan fingerprint density at radius 1 is 1.40 bits per heavy atom. The number of rotatable bonds is 0. The van der Waals surface area contributed by atoms with E-state index in [0.717, 1.165) is 18.3 Å². The molecule has 1 aromatic carbocycles. The first kappa shape index (κ1) is 10.7. The molecule has 0 fully saturated rings. The van der Waals surface area contributed by atoms with Crippen molar-refractivity contribution in [2.75, 3.05) is 11.9 Å². The third-order valence-corrected chi connectivity index (χ3v) is 3.38. The summed E-state index contributed by atoms with van der Waals surface area (Å²) in [4.78, 5) is 0.684. The summed E-state index contributed by atoms with van der Waals surface area (Å²) < 4.78 is 37.3. The molecule has 1 atom stereocenters. The van der Waals surface area contributed by atoms with Crippen LogP contribution in [0.25, 0.3) is 0 Å². The van der Waals surface area contributed by atoms with Gasteiger partial charge in [-0.3, -0.25) is 0 Å². The summed E-state index contributed by atoms with van der Waals surface area (Å²) in [6, 6.07) is 3.82. The van der Waals surface area contributed by atoms with Gasteiger partial charge >= 0.3 is 6.18 Å². The summed E-state index contributed by atoms with van der Waals surface area (Å²) in [7, 11) is 0. The normalized spacial score (nSPS) is 20.7. The molecule has 1 N–H and O–H groups in total. The van der Waals surface area contributed by atoms with Gasteiger partial charge in [0.15, 0.2) is 0 Å². The Labute approximate surface area is 90.1 Å². The first-order valence-corrected chi connectivity index (χ1v) is 5.46. The number of fused-ring (bicyclic) bond motifs is 1. The molecular formula is C10H10F3NS. The molecule has 1 nitrogen and oxygen atoms in total. The van der Waals surface area contributed by atoms with Crippen LogP contribution < -0.4 is 5.32 Å². The van der Waals surface area contributed by atoms with Crippen molar-refractivity contribution in [1.29, 1.82) is 0 Å². The maximum absolute atomic E-state index is 12.4. The minimum Gasteiger partial charge on any atom is -0.383 e. The van der Waals surface area contributed by atoms with Gasteiger partial charge in [-0.2, -0.15) is 13.2 Å². The molecule has 1 aliphatic heterocycles. The third-order valence-electron chi connectivity index (χ3n) is 2.22. The highest BCUT2D eigenvalue weighted by Gasteiger charge is 2.31. The summed E-state index contributed by atoms with van der Waals surface area (Å²) >= 11 is 1.48. The Hall–Kier alpha value is -0.840. The van der Waals surface area contributed by atoms with Crippen LogP contribution in [-0.2, 0) is 6.18 Å². The van der Waals surface area contributed by atoms with Crippen LogP contribution in [0.2, 0.25) is 0 Å². The molecule has 0 amide bonds. The third kappa shape index (κ3) is 2.22. The Bertz CT molecular complexity index is 375. The maximum atomic E-state index is 12.4. The van der Waals surface area contributed by atoms with Crippen molar-refractivity contribution in [2.24, 2.45) is 0 Å². The van der Waals surface area contributed by atoms with Gasteiger partial charge in [0.25, 0.3) is 0 Å². The number of nitrogens with one attached hydrogen (secondary N) is 1. The lowest BCUT2D eigenvalue weighted by atomic mass is 10.2. The molecule has 0 bridgehead atoms. The zero-order chi connectivity index (χ0) is 11.1. The number of alkyl halides is 3. The highest BCUT2D eigenvalue weighted by molar-refractivity contribution is 8.00. The van der Waals surface area contributed by atoms with E-state index in [9.17, 15) is 13.2 Å². The van der Waals surface area contributed by atoms with Crippen molar-refractivity contribution in [3.8, 4) is 0 Å². The highest BCUT2D eigenvalue weighted by atomic mass is 32.2. The number of benzene rings is 1. The van der Waals surface area contributed by atoms with Crippen LogP contribution in [-0.4, -0.2) is 11.8 Å². The molecule has 0 spiro atoms. The molecule has 0 saturated heterocycles. The minimum atomic E-state index is -4.25. The summed E-state index contributed by atoms with van der Waals surface area (Å²) in [6.45, 7) is 2.78. The van der Waals surface area contributed by atoms with Gasteiger partial charge in [0, 0.05) is 22.4 Å². The molecule has 0 saturated carbocycles. The number of hydrogen-bond donors (Lipinski definition) is 1. The van der Waals surface area contributed by atoms with Crippen molar-refractivity contribution in [3.05, 3.63) is 23.8 Å². The van der Waals surface area contributed by atoms with Crippen LogP contribution in [0, 0.1) is 0 Å². The molecule has 15 heavy (non-hydrogen) atoms. The predicted molar refractivity (Wildman–Crippen MR) is 55.3 cm³/mol. The van der Waals surface area contributed by atoms with Crippen LogP contribution in [0.15, 0.2) is 23.1 Å². The molecule has 1 aromatic rings. The van der Waals surface area contributed by atoms with Crippen LogP contribution >= 0.6 is 11.8 Å². The fourth-order valence-corrected chi connectivity index (χ4v) is 2.52. The Morgan fingerprint density at radius 3 is 2.80 bits per heavy atom. The molecule has 1 heterocycles. The number of hydrogen-bond acceptors (Lipinski definition) is 2. The maximum Gasteiger partial charge on any atom is 0.416 e. The van der Waals surface area contributed by atoms with Gasteiger partial charge in [-0.15, -0.1) is 11.8 Å². The molecule has 0 radical (unpaired) electrons. The van der Waals surface area contributed by atoms with E-state index in [0.29, 0.717) is 10.1 Å². The predicted octanol–water partition coefficient (Wildman–Crippen LogP) is 3.61. The van der Waals surface area contributed by atoms with E-state index in [4.69, 9.17) is 0 Å². The SMILES string of the molecule is C[C@H]1CNc2ccc(C(F)(F)F)cc2S1. The van der Waals surface area contributed by atoms with Crippen LogP contribution in [0.3, 0.4) is 0 Å². The topological polar surface area (TPSA) is 12.0 Å². The zero-order valence-electron chi connectivity index (χ0n) is 8.06. The lowest BCUT2D eigenvalue weighted by molar-refractivity contribution is -0.137. The smallest absolute Gasteiger partial charge is 0.383 e. The van der Waals surface area contributed by atoms with E-state index in [2.05, 4.69) is 5.32 Å². The summed E-state index contributed by atoms with van der Waals surface area (Å²) in [6.07, 6.45) is -4.25. The quantitative estimate of drug-likeness (QED) is 0.734. The fraction of sp³-hybridized carbons (Fsp3) is 0.400. The molecule has 5 heteroatoms. The van der Waals surface area contributed by atoms with Gasteiger partial charge in [0.2, 0.25) is 0 Å². The van der Waals surface area contributed by atoms with Gasteiger partial charge in [-0.05, 0) is 18.2 Å². The van der Waals surface area contributed by atoms with Crippen molar-refractivity contribution in [2.45, 2.75) is 23.2 Å². The van der Waals surface area contributed by atoms with Crippen molar-refractivity contribution >= 4 is 17.4 Å². The number of halogens is 3. The number of anilines is 1. The molecule has 82 valence electrons. The van der Waals surface area contributed by atoms with Gasteiger partial charge in [0.1, 0.15) is 0 Å². The van der Waals surface area contributed by atoms with E-state index < -0.39 is 11.7 Å². The lowest BCUT2D eigenvalue weighted by Crippen LogP contribution is -2.18.